The Kier molecular flexibility index (Phi) is 2.51. The SMILES string of the molecule is CC=C1C2CC(C1CCCC)C1C3CC3=CCC21. The van der Waals surface area contributed by atoms with Gasteiger partial charge in [-0.25, -0.2) is 0 Å². The largest absolute Gasteiger partial charge is 0.0879 e. The second kappa shape index (κ2) is 3.99. The van der Waals surface area contributed by atoms with Gasteiger partial charge in [-0.15, -0.1) is 0 Å². The fourth-order valence-corrected chi connectivity index (χ4v) is 5.80. The summed E-state index contributed by atoms with van der Waals surface area (Å²) in [7, 11) is 0. The topological polar surface area (TPSA) is 0 Å². The molecule has 0 amide bonds. The first-order valence-electron chi connectivity index (χ1n) is 8.20. The summed E-state index contributed by atoms with van der Waals surface area (Å²) in [4.78, 5) is 0. The van der Waals surface area contributed by atoms with Crippen molar-refractivity contribution in [2.24, 2.45) is 35.5 Å². The molecule has 0 aromatic carbocycles. The van der Waals surface area contributed by atoms with E-state index in [4.69, 9.17) is 0 Å². The first-order chi connectivity index (χ1) is 8.85. The lowest BCUT2D eigenvalue weighted by Crippen LogP contribution is -2.32. The monoisotopic (exact) mass is 242 g/mol. The van der Waals surface area contributed by atoms with Gasteiger partial charge in [0.25, 0.3) is 0 Å². The summed E-state index contributed by atoms with van der Waals surface area (Å²) in [5.74, 6) is 6.19. The molecule has 6 atom stereocenters. The van der Waals surface area contributed by atoms with Crippen LogP contribution in [-0.4, -0.2) is 0 Å². The molecule has 0 N–H and O–H groups in total. The van der Waals surface area contributed by atoms with Gasteiger partial charge in [0.15, 0.2) is 0 Å². The Hall–Kier alpha value is -0.520. The second-order valence-electron chi connectivity index (χ2n) is 7.11. The van der Waals surface area contributed by atoms with E-state index in [0.717, 1.165) is 35.5 Å². The summed E-state index contributed by atoms with van der Waals surface area (Å²) < 4.78 is 0. The Bertz CT molecular complexity index is 414. The molecule has 0 spiro atoms. The van der Waals surface area contributed by atoms with Crippen molar-refractivity contribution in [2.45, 2.75) is 52.4 Å². The fraction of sp³-hybridized carbons (Fsp3) is 0.778. The van der Waals surface area contributed by atoms with Crippen LogP contribution in [0.4, 0.5) is 0 Å². The molecule has 2 bridgehead atoms. The van der Waals surface area contributed by atoms with Crippen LogP contribution in [0.1, 0.15) is 52.4 Å². The predicted molar refractivity (Wildman–Crippen MR) is 76.2 cm³/mol. The lowest BCUT2D eigenvalue weighted by atomic mass is 9.65. The zero-order chi connectivity index (χ0) is 12.3. The lowest BCUT2D eigenvalue weighted by Gasteiger charge is -2.39. The molecule has 0 aromatic heterocycles. The molecule has 3 fully saturated rings. The molecule has 3 saturated carbocycles. The summed E-state index contributed by atoms with van der Waals surface area (Å²) in [5.41, 5.74) is 3.70. The van der Waals surface area contributed by atoms with Crippen LogP contribution in [0.5, 0.6) is 0 Å². The van der Waals surface area contributed by atoms with Gasteiger partial charge in [0.1, 0.15) is 0 Å². The van der Waals surface area contributed by atoms with Crippen LogP contribution in [-0.2, 0) is 0 Å². The Morgan fingerprint density at radius 2 is 2.17 bits per heavy atom. The summed E-state index contributed by atoms with van der Waals surface area (Å²) in [6.07, 6.45) is 13.8. The van der Waals surface area contributed by atoms with Gasteiger partial charge in [0.05, 0.1) is 0 Å². The highest BCUT2D eigenvalue weighted by Gasteiger charge is 2.60. The summed E-state index contributed by atoms with van der Waals surface area (Å²) in [6, 6.07) is 0. The highest BCUT2D eigenvalue weighted by molar-refractivity contribution is 5.35. The Balaban J connectivity index is 1.62. The smallest absolute Gasteiger partial charge is 0.0131 e. The number of hydrogen-bond donors (Lipinski definition) is 0. The molecular weight excluding hydrogens is 216 g/mol. The lowest BCUT2D eigenvalue weighted by molar-refractivity contribution is 0.176. The maximum absolute atomic E-state index is 2.60. The fourth-order valence-electron chi connectivity index (χ4n) is 5.80. The van der Waals surface area contributed by atoms with E-state index in [-0.39, 0.29) is 0 Å². The highest BCUT2D eigenvalue weighted by Crippen LogP contribution is 2.68. The quantitative estimate of drug-likeness (QED) is 0.613. The zero-order valence-electron chi connectivity index (χ0n) is 11.9. The molecule has 0 aromatic rings. The van der Waals surface area contributed by atoms with Crippen molar-refractivity contribution < 1.29 is 0 Å². The molecule has 98 valence electrons. The Morgan fingerprint density at radius 1 is 1.28 bits per heavy atom. The molecule has 0 radical (unpaired) electrons. The molecule has 0 heteroatoms. The highest BCUT2D eigenvalue weighted by atomic mass is 14.6. The molecule has 6 unspecified atom stereocenters. The number of unbranched alkanes of at least 4 members (excludes halogenated alkanes) is 1. The normalized spacial score (nSPS) is 50.1. The molecule has 0 nitrogen and oxygen atoms in total. The van der Waals surface area contributed by atoms with Crippen molar-refractivity contribution >= 4 is 0 Å². The minimum Gasteiger partial charge on any atom is -0.0879 e. The van der Waals surface area contributed by atoms with Crippen molar-refractivity contribution in [2.75, 3.05) is 0 Å². The van der Waals surface area contributed by atoms with E-state index in [0.29, 0.717) is 0 Å². The van der Waals surface area contributed by atoms with Gasteiger partial charge in [-0.2, -0.15) is 0 Å². The minimum absolute atomic E-state index is 0.973. The van der Waals surface area contributed by atoms with Crippen LogP contribution in [0.3, 0.4) is 0 Å². The van der Waals surface area contributed by atoms with Crippen molar-refractivity contribution in [3.8, 4) is 0 Å². The van der Waals surface area contributed by atoms with Gasteiger partial charge in [0, 0.05) is 0 Å². The van der Waals surface area contributed by atoms with Crippen LogP contribution in [0.25, 0.3) is 0 Å². The molecule has 0 saturated heterocycles. The van der Waals surface area contributed by atoms with E-state index in [9.17, 15) is 0 Å². The first-order valence-corrected chi connectivity index (χ1v) is 8.20. The maximum Gasteiger partial charge on any atom is -0.0131 e. The first kappa shape index (κ1) is 11.3. The van der Waals surface area contributed by atoms with E-state index < -0.39 is 0 Å². The average Bonchev–Trinajstić information content (AvgIpc) is 2.99. The second-order valence-corrected chi connectivity index (χ2v) is 7.11. The Labute approximate surface area is 112 Å². The van der Waals surface area contributed by atoms with Crippen LogP contribution >= 0.6 is 0 Å². The third-order valence-corrected chi connectivity index (χ3v) is 6.50. The average molecular weight is 242 g/mol. The predicted octanol–water partition coefficient (Wildman–Crippen LogP) is 4.97. The van der Waals surface area contributed by atoms with Gasteiger partial charge in [0.2, 0.25) is 0 Å². The zero-order valence-corrected chi connectivity index (χ0v) is 11.9. The summed E-state index contributed by atoms with van der Waals surface area (Å²) in [5, 5.41) is 0. The molecule has 4 aliphatic carbocycles. The molecule has 0 heterocycles. The molecule has 18 heavy (non-hydrogen) atoms. The van der Waals surface area contributed by atoms with Crippen LogP contribution in [0, 0.1) is 35.5 Å². The van der Waals surface area contributed by atoms with Crippen LogP contribution < -0.4 is 0 Å². The molecular formula is C18H26. The van der Waals surface area contributed by atoms with Gasteiger partial charge < -0.3 is 0 Å². The van der Waals surface area contributed by atoms with E-state index >= 15 is 0 Å². The van der Waals surface area contributed by atoms with E-state index in [1.807, 2.05) is 11.1 Å². The minimum atomic E-state index is 0.973. The molecule has 0 aliphatic heterocycles. The third kappa shape index (κ3) is 1.38. The van der Waals surface area contributed by atoms with E-state index in [2.05, 4.69) is 26.0 Å². The van der Waals surface area contributed by atoms with Gasteiger partial charge in [-0.05, 0) is 68.1 Å². The van der Waals surface area contributed by atoms with Crippen molar-refractivity contribution in [1.82, 2.24) is 0 Å². The number of hydrogen-bond acceptors (Lipinski definition) is 0. The number of fused-ring (bicyclic) bond motifs is 7. The van der Waals surface area contributed by atoms with Gasteiger partial charge in [-0.1, -0.05) is 43.1 Å². The van der Waals surface area contributed by atoms with E-state index in [1.165, 1.54) is 32.1 Å². The van der Waals surface area contributed by atoms with Gasteiger partial charge >= 0.3 is 0 Å². The van der Waals surface area contributed by atoms with Crippen molar-refractivity contribution in [3.63, 3.8) is 0 Å². The van der Waals surface area contributed by atoms with Crippen LogP contribution in [0.2, 0.25) is 0 Å². The van der Waals surface area contributed by atoms with Crippen LogP contribution in [0.15, 0.2) is 23.3 Å². The number of rotatable bonds is 3. The van der Waals surface area contributed by atoms with Crippen molar-refractivity contribution in [3.05, 3.63) is 23.3 Å². The standard InChI is InChI=1S/C18H26/c1-3-5-6-13-12(4-2)16-10-17(13)18-14(16)8-7-11-9-15(11)18/h4,7,13-18H,3,5-6,8-10H2,1-2H3. The molecule has 4 aliphatic rings. The molecule has 4 rings (SSSR count). The van der Waals surface area contributed by atoms with Crippen molar-refractivity contribution in [1.29, 1.82) is 0 Å². The number of allylic oxidation sites excluding steroid dienone is 4. The third-order valence-electron chi connectivity index (χ3n) is 6.50. The summed E-state index contributed by atoms with van der Waals surface area (Å²) in [6.45, 7) is 4.64. The summed E-state index contributed by atoms with van der Waals surface area (Å²) >= 11 is 0. The Morgan fingerprint density at radius 3 is 2.94 bits per heavy atom. The van der Waals surface area contributed by atoms with E-state index in [1.54, 1.807) is 6.42 Å². The van der Waals surface area contributed by atoms with Gasteiger partial charge in [-0.3, -0.25) is 0 Å². The maximum atomic E-state index is 2.60.